The van der Waals surface area contributed by atoms with Crippen LogP contribution in [0.5, 0.6) is 0 Å². The number of ketones is 1. The summed E-state index contributed by atoms with van der Waals surface area (Å²) in [6.07, 6.45) is -18.4. The Labute approximate surface area is 538 Å². The minimum Gasteiger partial charge on any atom is -0.458 e. The van der Waals surface area contributed by atoms with Gasteiger partial charge in [0, 0.05) is 25.9 Å². The number of Topliss-reactive ketones (excluding diaryl/α,β-unsaturated/α-hetero) is 1. The van der Waals surface area contributed by atoms with Gasteiger partial charge in [0.05, 0.1) is 36.2 Å². The van der Waals surface area contributed by atoms with Crippen LogP contribution in [-0.2, 0) is 112 Å². The topological polar surface area (TPSA) is 261 Å². The second kappa shape index (κ2) is 32.7. The number of cyclic esters (lactones) is 2. The number of carbonyl (C=O) groups excluding carboxylic acids is 7. The Morgan fingerprint density at radius 2 is 1.04 bits per heavy atom. The first-order valence-electron chi connectivity index (χ1n) is 31.0. The van der Waals surface area contributed by atoms with Crippen LogP contribution < -0.4 is 0 Å². The van der Waals surface area contributed by atoms with Gasteiger partial charge >= 0.3 is 36.6 Å². The van der Waals surface area contributed by atoms with Gasteiger partial charge in [-0.25, -0.2) is 19.2 Å². The summed E-state index contributed by atoms with van der Waals surface area (Å²) in [5.41, 5.74) is -3.21. The van der Waals surface area contributed by atoms with E-state index in [4.69, 9.17) is 71.1 Å². The Morgan fingerprint density at radius 1 is 0.576 bits per heavy atom. The summed E-state index contributed by atoms with van der Waals surface area (Å²) < 4.78 is 93.6. The van der Waals surface area contributed by atoms with Gasteiger partial charge in [-0.2, -0.15) is 0 Å². The van der Waals surface area contributed by atoms with Gasteiger partial charge < -0.3 is 76.0 Å². The predicted octanol–water partition coefficient (Wildman–Crippen LogP) is 11.2. The van der Waals surface area contributed by atoms with Gasteiger partial charge in [0.25, 0.3) is 0 Å². The van der Waals surface area contributed by atoms with Crippen molar-refractivity contribution >= 4 is 42.3 Å². The quantitative estimate of drug-likeness (QED) is 0.0554. The summed E-state index contributed by atoms with van der Waals surface area (Å²) in [4.78, 5) is 103. The van der Waals surface area contributed by atoms with Crippen molar-refractivity contribution in [2.75, 3.05) is 21.2 Å². The highest BCUT2D eigenvalue weighted by atomic mass is 16.8. The molecule has 502 valence electrons. The zero-order valence-corrected chi connectivity index (χ0v) is 54.7. The lowest BCUT2D eigenvalue weighted by atomic mass is 9.79. The number of carbonyl (C=O) groups is 7. The van der Waals surface area contributed by atoms with Gasteiger partial charge in [-0.3, -0.25) is 14.4 Å². The largest absolute Gasteiger partial charge is 0.509 e. The fourth-order valence-corrected chi connectivity index (χ4v) is 12.2. The van der Waals surface area contributed by atoms with E-state index in [9.17, 15) is 24.0 Å². The van der Waals surface area contributed by atoms with Crippen molar-refractivity contribution in [3.63, 3.8) is 0 Å². The smallest absolute Gasteiger partial charge is 0.458 e. The molecule has 0 amide bonds. The molecule has 0 bridgehead atoms. The number of rotatable bonds is 21. The van der Waals surface area contributed by atoms with Crippen LogP contribution in [0.15, 0.2) is 121 Å². The maximum atomic E-state index is 15.7. The molecular weight excluding hydrogens is 1190 g/mol. The normalized spacial score (nSPS) is 31.1. The van der Waals surface area contributed by atoms with E-state index in [1.807, 2.05) is 29.2 Å². The number of esters is 2. The number of likely N-dealkylation sites (N-methyl/N-ethyl adjacent to an activating group) is 1. The summed E-state index contributed by atoms with van der Waals surface area (Å²) >= 11 is 0. The van der Waals surface area contributed by atoms with Gasteiger partial charge in [-0.1, -0.05) is 135 Å². The van der Waals surface area contributed by atoms with Crippen LogP contribution in [0.1, 0.15) is 117 Å². The minimum absolute atomic E-state index is 0.0755. The third-order valence-electron chi connectivity index (χ3n) is 17.1. The molecule has 3 aliphatic rings. The van der Waals surface area contributed by atoms with Crippen molar-refractivity contribution in [3.8, 4) is 0 Å². The molecule has 1 unspecified atom stereocenters. The fraction of sp³-hybridized carbons (Fsp3) is 0.551. The van der Waals surface area contributed by atoms with Gasteiger partial charge in [-0.15, -0.1) is 0 Å². The highest BCUT2D eigenvalue weighted by Gasteiger charge is 2.59. The van der Waals surface area contributed by atoms with E-state index in [-0.39, 0.29) is 39.3 Å². The van der Waals surface area contributed by atoms with Crippen LogP contribution in [0.3, 0.4) is 0 Å². The molecule has 23 heteroatoms. The highest BCUT2D eigenvalue weighted by Crippen LogP contribution is 2.43. The van der Waals surface area contributed by atoms with Crippen molar-refractivity contribution < 1.29 is 105 Å². The molecule has 23 nitrogen and oxygen atoms in total. The highest BCUT2D eigenvalue weighted by molar-refractivity contribution is 5.79. The average molecular weight is 1280 g/mol. The monoisotopic (exact) mass is 1280 g/mol. The third-order valence-corrected chi connectivity index (χ3v) is 17.1. The van der Waals surface area contributed by atoms with Crippen LogP contribution in [0.25, 0.3) is 0 Å². The molecule has 0 aromatic heterocycles. The average Bonchev–Trinajstić information content (AvgIpc) is 1.13. The second-order valence-corrected chi connectivity index (χ2v) is 24.7. The first-order chi connectivity index (χ1) is 43.8. The summed E-state index contributed by atoms with van der Waals surface area (Å²) in [5.74, 6) is -6.86. The predicted molar refractivity (Wildman–Crippen MR) is 329 cm³/mol. The minimum atomic E-state index is -2.32. The molecule has 3 heterocycles. The lowest BCUT2D eigenvalue weighted by Crippen LogP contribution is -2.62. The summed E-state index contributed by atoms with van der Waals surface area (Å²) in [6.45, 7) is 14.5. The lowest BCUT2D eigenvalue weighted by Gasteiger charge is -2.49. The van der Waals surface area contributed by atoms with Crippen LogP contribution in [0.2, 0.25) is 0 Å². The SMILES string of the molecule is CC[C@@H]1OC(=O)[C@H](C)[C@@H](O[C@H]2C[C@@](C)(OC)[C@@H](OC(=O)OCc3ccccc3)[C@H](C)O2)[C@H](C)C(O[C@@H]2O[C@H](C)C[C@H](N(C)C)[C@H]2OC(=O)OCc2ccccc2)[C@@](C)(CC(C)=O)OC(=O)[C@@H](C)[C@@H](OC(=O)OCc2ccccc2)[C@]1(C)OC(=O)OCc1ccccc1. The van der Waals surface area contributed by atoms with Crippen molar-refractivity contribution in [1.82, 2.24) is 4.90 Å². The molecule has 0 radical (unpaired) electrons. The van der Waals surface area contributed by atoms with Crippen molar-refractivity contribution in [2.45, 2.75) is 206 Å². The Balaban J connectivity index is 1.35. The summed E-state index contributed by atoms with van der Waals surface area (Å²) in [7, 11) is 5.00. The third kappa shape index (κ3) is 19.0. The number of hydrogen-bond donors (Lipinski definition) is 0. The maximum absolute atomic E-state index is 15.7. The number of ether oxygens (including phenoxy) is 15. The summed E-state index contributed by atoms with van der Waals surface area (Å²) in [6, 6.07) is 34.8. The summed E-state index contributed by atoms with van der Waals surface area (Å²) in [5, 5.41) is 0. The van der Waals surface area contributed by atoms with E-state index in [1.165, 1.54) is 41.7 Å². The van der Waals surface area contributed by atoms with Crippen molar-refractivity contribution in [1.29, 1.82) is 0 Å². The molecular formula is C69H89NO22. The van der Waals surface area contributed by atoms with Crippen LogP contribution >= 0.6 is 0 Å². The molecule has 3 aliphatic heterocycles. The van der Waals surface area contributed by atoms with Crippen molar-refractivity contribution in [2.24, 2.45) is 17.8 Å². The molecule has 3 fully saturated rings. The fourth-order valence-electron chi connectivity index (χ4n) is 12.2. The van der Waals surface area contributed by atoms with Crippen LogP contribution in [-0.4, -0.2) is 153 Å². The molecule has 7 rings (SSSR count). The molecule has 0 N–H and O–H groups in total. The Bertz CT molecular complexity index is 3050. The van der Waals surface area contributed by atoms with E-state index in [2.05, 4.69) is 0 Å². The van der Waals surface area contributed by atoms with E-state index in [0.717, 1.165) is 5.56 Å². The van der Waals surface area contributed by atoms with E-state index < -0.39 is 151 Å². The van der Waals surface area contributed by atoms with Gasteiger partial charge in [0.15, 0.2) is 36.5 Å². The number of hydrogen-bond acceptors (Lipinski definition) is 23. The molecule has 92 heavy (non-hydrogen) atoms. The Morgan fingerprint density at radius 3 is 1.50 bits per heavy atom. The van der Waals surface area contributed by atoms with E-state index in [1.54, 1.807) is 146 Å². The first-order valence-corrected chi connectivity index (χ1v) is 31.0. The van der Waals surface area contributed by atoms with Crippen molar-refractivity contribution in [3.05, 3.63) is 144 Å². The molecule has 3 saturated heterocycles. The van der Waals surface area contributed by atoms with Gasteiger partial charge in [-0.05, 0) is 105 Å². The Kier molecular flexibility index (Phi) is 25.5. The lowest BCUT2D eigenvalue weighted by molar-refractivity contribution is -0.318. The molecule has 0 aliphatic carbocycles. The van der Waals surface area contributed by atoms with E-state index >= 15 is 9.59 Å². The number of nitrogens with zero attached hydrogens (tertiary/aromatic N) is 1. The van der Waals surface area contributed by atoms with Gasteiger partial charge in [0.1, 0.15) is 55.6 Å². The molecule has 0 saturated carbocycles. The Hall–Kier alpha value is -7.67. The molecule has 0 spiro atoms. The first kappa shape index (κ1) is 71.8. The standard InChI is InChI=1S/C69H89NO22/c1-14-53-69(10,92-66(77)82-41-51-33-25-18-26-34-51)58(89-64(75)80-39-49-29-21-16-22-30-49)46(6)61(73)91-68(9,36-42(2)71)57(88-62-56(52(70(11)12)35-43(3)83-62)87-63(74)79-38-48-27-19-15-20-28-48)44(4)55(45(5)60(72)85-53)86-54-37-67(8,78-13)59(47(7)84-54)90-65(76)81-40-50-31-23-17-24-32-50/h15-34,43-47,52-59,62H,14,35-41H2,1-13H3/t43-,44+,45-,46+,47+,52+,53+,54+,55+,56-,57?,58-,59+,62+,67-,68-,69-/m1/s1. The molecule has 4 aromatic carbocycles. The second-order valence-electron chi connectivity index (χ2n) is 24.7. The van der Waals surface area contributed by atoms with Crippen LogP contribution in [0.4, 0.5) is 19.2 Å². The van der Waals surface area contributed by atoms with Crippen LogP contribution in [0, 0.1) is 17.8 Å². The number of methoxy groups -OCH3 is 1. The zero-order chi connectivity index (χ0) is 66.9. The van der Waals surface area contributed by atoms with E-state index in [0.29, 0.717) is 23.1 Å². The number of benzene rings is 4. The van der Waals surface area contributed by atoms with Gasteiger partial charge in [0.2, 0.25) is 0 Å². The zero-order valence-electron chi connectivity index (χ0n) is 54.7. The molecule has 4 aromatic rings. The maximum Gasteiger partial charge on any atom is 0.509 e. The molecule has 17 atom stereocenters.